The first kappa shape index (κ1) is 15.5. The van der Waals surface area contributed by atoms with Crippen molar-refractivity contribution in [1.82, 2.24) is 0 Å². The van der Waals surface area contributed by atoms with Crippen LogP contribution >= 0.6 is 11.8 Å². The van der Waals surface area contributed by atoms with Crippen LogP contribution in [0.2, 0.25) is 0 Å². The van der Waals surface area contributed by atoms with Gasteiger partial charge in [-0.3, -0.25) is 0 Å². The lowest BCUT2D eigenvalue weighted by molar-refractivity contribution is 0.288. The molecule has 0 aromatic heterocycles. The van der Waals surface area contributed by atoms with Crippen LogP contribution in [0, 0.1) is 5.82 Å². The van der Waals surface area contributed by atoms with Crippen molar-refractivity contribution in [2.45, 2.75) is 43.2 Å². The van der Waals surface area contributed by atoms with Gasteiger partial charge in [0.2, 0.25) is 0 Å². The van der Waals surface area contributed by atoms with E-state index in [0.29, 0.717) is 5.25 Å². The van der Waals surface area contributed by atoms with Gasteiger partial charge in [-0.25, -0.2) is 4.39 Å². The molecule has 3 unspecified atom stereocenters. The maximum Gasteiger partial charge on any atom is 0.123 e. The molecule has 0 amide bonds. The monoisotopic (exact) mass is 271 g/mol. The highest BCUT2D eigenvalue weighted by Gasteiger charge is 2.21. The molecule has 2 nitrogen and oxygen atoms in total. The lowest BCUT2D eigenvalue weighted by atomic mass is 10.0. The fourth-order valence-corrected chi connectivity index (χ4v) is 3.24. The van der Waals surface area contributed by atoms with E-state index >= 15 is 0 Å². The molecule has 0 spiro atoms. The number of benzene rings is 1. The van der Waals surface area contributed by atoms with Gasteiger partial charge in [-0.1, -0.05) is 26.0 Å². The minimum atomic E-state index is -0.226. The second-order valence-electron chi connectivity index (χ2n) is 4.50. The van der Waals surface area contributed by atoms with Crippen LogP contribution in [0.25, 0.3) is 0 Å². The Hall–Kier alpha value is -0.580. The molecule has 0 radical (unpaired) electrons. The zero-order valence-corrected chi connectivity index (χ0v) is 11.8. The first-order valence-corrected chi connectivity index (χ1v) is 7.30. The lowest BCUT2D eigenvalue weighted by Crippen LogP contribution is -2.27. The molecule has 18 heavy (non-hydrogen) atoms. The Kier molecular flexibility index (Phi) is 6.68. The third-order valence-electron chi connectivity index (χ3n) is 2.97. The van der Waals surface area contributed by atoms with E-state index in [1.807, 2.05) is 0 Å². The zero-order valence-electron chi connectivity index (χ0n) is 11.0. The number of halogens is 1. The Morgan fingerprint density at radius 2 is 1.94 bits per heavy atom. The summed E-state index contributed by atoms with van der Waals surface area (Å²) in [6, 6.07) is 6.59. The summed E-state index contributed by atoms with van der Waals surface area (Å²) in [5, 5.41) is 9.44. The molecule has 0 aliphatic rings. The smallest absolute Gasteiger partial charge is 0.123 e. The molecule has 0 aliphatic carbocycles. The van der Waals surface area contributed by atoms with E-state index in [4.69, 9.17) is 10.8 Å². The minimum Gasteiger partial charge on any atom is -0.396 e. The number of aliphatic hydroxyl groups excluding tert-OH is 1. The molecule has 3 N–H and O–H groups in total. The minimum absolute atomic E-state index is 0.0432. The predicted molar refractivity (Wildman–Crippen MR) is 76.2 cm³/mol. The average molecular weight is 271 g/mol. The summed E-state index contributed by atoms with van der Waals surface area (Å²) in [6.07, 6.45) is 1.62. The van der Waals surface area contributed by atoms with Gasteiger partial charge in [0, 0.05) is 23.1 Å². The molecular formula is C14H22FNOS. The highest BCUT2D eigenvalue weighted by molar-refractivity contribution is 8.00. The van der Waals surface area contributed by atoms with Crippen molar-refractivity contribution in [2.75, 3.05) is 6.61 Å². The van der Waals surface area contributed by atoms with Crippen LogP contribution in [0.4, 0.5) is 4.39 Å². The maximum absolute atomic E-state index is 12.9. The molecule has 3 atom stereocenters. The Balaban J connectivity index is 2.80. The molecule has 0 fully saturated rings. The van der Waals surface area contributed by atoms with E-state index < -0.39 is 0 Å². The van der Waals surface area contributed by atoms with Gasteiger partial charge in [0.1, 0.15) is 5.82 Å². The molecule has 1 rings (SSSR count). The normalized spacial score (nSPS) is 16.3. The van der Waals surface area contributed by atoms with E-state index in [0.717, 1.165) is 18.4 Å². The second kappa shape index (κ2) is 7.77. The van der Waals surface area contributed by atoms with Gasteiger partial charge in [-0.15, -0.1) is 11.8 Å². The van der Waals surface area contributed by atoms with Crippen molar-refractivity contribution in [3.63, 3.8) is 0 Å². The van der Waals surface area contributed by atoms with Gasteiger partial charge in [0.15, 0.2) is 0 Å². The first-order valence-electron chi connectivity index (χ1n) is 6.35. The third kappa shape index (κ3) is 4.59. The second-order valence-corrected chi connectivity index (χ2v) is 6.09. The van der Waals surface area contributed by atoms with Crippen LogP contribution in [0.5, 0.6) is 0 Å². The summed E-state index contributed by atoms with van der Waals surface area (Å²) >= 11 is 1.75. The zero-order chi connectivity index (χ0) is 13.5. The number of thioether (sulfide) groups is 1. The van der Waals surface area contributed by atoms with Gasteiger partial charge in [0.05, 0.1) is 0 Å². The van der Waals surface area contributed by atoms with Crippen LogP contribution in [0.1, 0.15) is 37.5 Å². The van der Waals surface area contributed by atoms with Gasteiger partial charge >= 0.3 is 0 Å². The number of nitrogens with two attached hydrogens (primary N) is 1. The fraction of sp³-hybridized carbons (Fsp3) is 0.571. The first-order chi connectivity index (χ1) is 8.58. The number of rotatable bonds is 7. The van der Waals surface area contributed by atoms with Gasteiger partial charge in [0.25, 0.3) is 0 Å². The Labute approximate surface area is 113 Å². The summed E-state index contributed by atoms with van der Waals surface area (Å²) in [5.74, 6) is -0.226. The topological polar surface area (TPSA) is 46.2 Å². The van der Waals surface area contributed by atoms with Crippen LogP contribution in [-0.4, -0.2) is 23.0 Å². The number of hydrogen-bond donors (Lipinski definition) is 2. The Bertz CT molecular complexity index is 344. The SMILES string of the molecule is CCC(N)C(SC(C)CCO)c1ccc(F)cc1. The van der Waals surface area contributed by atoms with Gasteiger partial charge in [-0.2, -0.15) is 0 Å². The summed E-state index contributed by atoms with van der Waals surface area (Å²) in [7, 11) is 0. The summed E-state index contributed by atoms with van der Waals surface area (Å²) in [4.78, 5) is 0. The maximum atomic E-state index is 12.9. The molecule has 0 saturated heterocycles. The molecule has 0 heterocycles. The van der Waals surface area contributed by atoms with Crippen molar-refractivity contribution >= 4 is 11.8 Å². The Morgan fingerprint density at radius 1 is 1.33 bits per heavy atom. The number of hydrogen-bond acceptors (Lipinski definition) is 3. The molecule has 0 saturated carbocycles. The van der Waals surface area contributed by atoms with Crippen LogP contribution in [0.15, 0.2) is 24.3 Å². The predicted octanol–water partition coefficient (Wildman–Crippen LogP) is 3.11. The Morgan fingerprint density at radius 3 is 2.44 bits per heavy atom. The van der Waals surface area contributed by atoms with Crippen LogP contribution < -0.4 is 5.73 Å². The van der Waals surface area contributed by atoms with Gasteiger partial charge < -0.3 is 10.8 Å². The third-order valence-corrected chi connectivity index (χ3v) is 4.59. The summed E-state index contributed by atoms with van der Waals surface area (Å²) < 4.78 is 12.9. The van der Waals surface area contributed by atoms with E-state index in [2.05, 4.69) is 13.8 Å². The van der Waals surface area contributed by atoms with Crippen molar-refractivity contribution in [3.05, 3.63) is 35.6 Å². The molecule has 1 aromatic rings. The molecule has 102 valence electrons. The van der Waals surface area contributed by atoms with Crippen LogP contribution in [0.3, 0.4) is 0 Å². The van der Waals surface area contributed by atoms with Crippen molar-refractivity contribution in [2.24, 2.45) is 5.73 Å². The quantitative estimate of drug-likeness (QED) is 0.801. The van der Waals surface area contributed by atoms with Gasteiger partial charge in [-0.05, 0) is 30.5 Å². The molecular weight excluding hydrogens is 249 g/mol. The lowest BCUT2D eigenvalue weighted by Gasteiger charge is -2.26. The van der Waals surface area contributed by atoms with E-state index in [1.165, 1.54) is 12.1 Å². The largest absolute Gasteiger partial charge is 0.396 e. The summed E-state index contributed by atoms with van der Waals surface area (Å²) in [6.45, 7) is 4.32. The molecule has 1 aromatic carbocycles. The van der Waals surface area contributed by atoms with Crippen LogP contribution in [-0.2, 0) is 0 Å². The highest BCUT2D eigenvalue weighted by Crippen LogP contribution is 2.36. The van der Waals surface area contributed by atoms with Crippen molar-refractivity contribution < 1.29 is 9.50 Å². The molecule has 4 heteroatoms. The number of aliphatic hydroxyl groups is 1. The fourth-order valence-electron chi connectivity index (χ4n) is 1.79. The highest BCUT2D eigenvalue weighted by atomic mass is 32.2. The van der Waals surface area contributed by atoms with E-state index in [-0.39, 0.29) is 23.7 Å². The standard InChI is InChI=1S/C14H22FNOS/c1-3-13(16)14(18-10(2)8-9-17)11-4-6-12(15)7-5-11/h4-7,10,13-14,17H,3,8-9,16H2,1-2H3. The van der Waals surface area contributed by atoms with E-state index in [1.54, 1.807) is 23.9 Å². The molecule has 0 bridgehead atoms. The molecule has 0 aliphatic heterocycles. The average Bonchev–Trinajstić information content (AvgIpc) is 2.36. The summed E-state index contributed by atoms with van der Waals surface area (Å²) in [5.41, 5.74) is 7.21. The van der Waals surface area contributed by atoms with E-state index in [9.17, 15) is 4.39 Å². The van der Waals surface area contributed by atoms with Crippen molar-refractivity contribution in [1.29, 1.82) is 0 Å². The van der Waals surface area contributed by atoms with Crippen molar-refractivity contribution in [3.8, 4) is 0 Å².